The Hall–Kier alpha value is -0.910. The van der Waals surface area contributed by atoms with Gasteiger partial charge >= 0.3 is 5.97 Å². The molecule has 2 rings (SSSR count). The number of ether oxygens (including phenoxy) is 2. The molecule has 1 aliphatic heterocycles. The second-order valence-electron chi connectivity index (χ2n) is 4.42. The summed E-state index contributed by atoms with van der Waals surface area (Å²) < 4.78 is 10.7. The number of hydrogen-bond acceptors (Lipinski definition) is 4. The number of carbonyl (C=O) groups is 1. The number of hydrogen-bond donors (Lipinski definition) is 1. The monoisotopic (exact) mass is 302 g/mol. The maximum atomic E-state index is 10.8. The second-order valence-corrected chi connectivity index (χ2v) is 5.88. The molecular weight excluding hydrogens is 288 g/mol. The van der Waals surface area contributed by atoms with E-state index >= 15 is 0 Å². The van der Waals surface area contributed by atoms with Crippen LogP contribution in [0.5, 0.6) is 5.75 Å². The summed E-state index contributed by atoms with van der Waals surface area (Å²) in [6, 6.07) is 3.70. The third kappa shape index (κ3) is 3.78. The molecule has 1 heterocycles. The number of rotatable bonds is 5. The van der Waals surface area contributed by atoms with Gasteiger partial charge in [-0.3, -0.25) is 4.79 Å². The maximum Gasteiger partial charge on any atom is 0.307 e. The molecule has 0 spiro atoms. The van der Waals surface area contributed by atoms with Gasteiger partial charge in [-0.2, -0.15) is 11.8 Å². The number of fused-ring (bicyclic) bond motifs is 1. The molecule has 0 aliphatic carbocycles. The van der Waals surface area contributed by atoms with Gasteiger partial charge in [0.25, 0.3) is 0 Å². The Bertz CT molecular complexity index is 478. The van der Waals surface area contributed by atoms with Crippen molar-refractivity contribution in [2.75, 3.05) is 12.5 Å². The Labute approximate surface area is 121 Å². The van der Waals surface area contributed by atoms with E-state index in [0.29, 0.717) is 23.1 Å². The fourth-order valence-corrected chi connectivity index (χ4v) is 3.09. The lowest BCUT2D eigenvalue weighted by Gasteiger charge is -2.21. The number of benzene rings is 1. The van der Waals surface area contributed by atoms with Crippen LogP contribution in [0.4, 0.5) is 0 Å². The van der Waals surface area contributed by atoms with Crippen LogP contribution in [0.25, 0.3) is 0 Å². The molecule has 0 amide bonds. The smallest absolute Gasteiger partial charge is 0.307 e. The molecule has 104 valence electrons. The van der Waals surface area contributed by atoms with E-state index in [1.807, 2.05) is 12.1 Å². The van der Waals surface area contributed by atoms with Crippen molar-refractivity contribution >= 4 is 29.3 Å². The van der Waals surface area contributed by atoms with Crippen molar-refractivity contribution in [2.24, 2.45) is 5.92 Å². The lowest BCUT2D eigenvalue weighted by molar-refractivity contribution is -0.140. The normalized spacial score (nSPS) is 15.5. The van der Waals surface area contributed by atoms with Crippen LogP contribution in [0.1, 0.15) is 18.1 Å². The van der Waals surface area contributed by atoms with Crippen molar-refractivity contribution in [2.45, 2.75) is 19.3 Å². The van der Waals surface area contributed by atoms with E-state index in [2.05, 4.69) is 0 Å². The first kappa shape index (κ1) is 14.5. The summed E-state index contributed by atoms with van der Waals surface area (Å²) in [7, 11) is 0. The fraction of sp³-hybridized carbons (Fsp3) is 0.462. The molecular formula is C13H15ClO4S. The minimum absolute atomic E-state index is 0.248. The average molecular weight is 303 g/mol. The molecule has 0 fully saturated rings. The predicted octanol–water partition coefficient (Wildman–Crippen LogP) is 3.16. The predicted molar refractivity (Wildman–Crippen MR) is 74.7 cm³/mol. The first-order valence-corrected chi connectivity index (χ1v) is 7.43. The lowest BCUT2D eigenvalue weighted by Crippen LogP contribution is -2.14. The Morgan fingerprint density at radius 1 is 1.58 bits per heavy atom. The Morgan fingerprint density at radius 3 is 3.11 bits per heavy atom. The van der Waals surface area contributed by atoms with Crippen LogP contribution in [0.3, 0.4) is 0 Å². The van der Waals surface area contributed by atoms with Crippen LogP contribution in [0, 0.1) is 5.92 Å². The standard InChI is InChI=1S/C13H15ClO4S/c1-8(13(15)16)5-19-6-10-3-11(14)2-9-4-17-7-18-12(9)10/h2-3,8H,4-7H2,1H3,(H,15,16). The molecule has 1 atom stereocenters. The largest absolute Gasteiger partial charge is 0.481 e. The van der Waals surface area contributed by atoms with Crippen LogP contribution >= 0.6 is 23.4 Å². The van der Waals surface area contributed by atoms with E-state index in [1.54, 1.807) is 18.7 Å². The summed E-state index contributed by atoms with van der Waals surface area (Å²) >= 11 is 7.62. The van der Waals surface area contributed by atoms with Gasteiger partial charge in [0, 0.05) is 27.7 Å². The van der Waals surface area contributed by atoms with E-state index < -0.39 is 5.97 Å². The van der Waals surface area contributed by atoms with Gasteiger partial charge in [0.1, 0.15) is 5.75 Å². The Balaban J connectivity index is 2.03. The number of thioether (sulfide) groups is 1. The molecule has 1 aliphatic rings. The molecule has 0 aromatic heterocycles. The molecule has 19 heavy (non-hydrogen) atoms. The quantitative estimate of drug-likeness (QED) is 0.905. The zero-order valence-corrected chi connectivity index (χ0v) is 12.1. The summed E-state index contributed by atoms with van der Waals surface area (Å²) in [5.41, 5.74) is 1.94. The molecule has 6 heteroatoms. The highest BCUT2D eigenvalue weighted by atomic mass is 35.5. The average Bonchev–Trinajstić information content (AvgIpc) is 2.38. The van der Waals surface area contributed by atoms with Gasteiger partial charge in [-0.15, -0.1) is 0 Å². The third-order valence-corrected chi connectivity index (χ3v) is 4.27. The third-order valence-electron chi connectivity index (χ3n) is 2.80. The summed E-state index contributed by atoms with van der Waals surface area (Å²) in [6.45, 7) is 2.45. The summed E-state index contributed by atoms with van der Waals surface area (Å²) in [5.74, 6) is 0.939. The van der Waals surface area contributed by atoms with Gasteiger partial charge in [-0.1, -0.05) is 18.5 Å². The molecule has 4 nitrogen and oxygen atoms in total. The van der Waals surface area contributed by atoms with Gasteiger partial charge in [-0.25, -0.2) is 0 Å². The fourth-order valence-electron chi connectivity index (χ4n) is 1.78. The molecule has 0 saturated heterocycles. The van der Waals surface area contributed by atoms with Crippen molar-refractivity contribution in [3.63, 3.8) is 0 Å². The summed E-state index contributed by atoms with van der Waals surface area (Å²) in [5, 5.41) is 9.49. The molecule has 0 bridgehead atoms. The Kier molecular flexibility index (Phi) is 4.96. The van der Waals surface area contributed by atoms with Crippen LogP contribution in [0.15, 0.2) is 12.1 Å². The Morgan fingerprint density at radius 2 is 2.37 bits per heavy atom. The van der Waals surface area contributed by atoms with Crippen LogP contribution in [-0.2, 0) is 21.9 Å². The molecule has 0 saturated carbocycles. The number of carboxylic acid groups (broad SMARTS) is 1. The molecule has 1 N–H and O–H groups in total. The first-order valence-electron chi connectivity index (χ1n) is 5.90. The van der Waals surface area contributed by atoms with Crippen molar-refractivity contribution < 1.29 is 19.4 Å². The van der Waals surface area contributed by atoms with E-state index in [4.69, 9.17) is 26.2 Å². The van der Waals surface area contributed by atoms with Gasteiger partial charge in [0.15, 0.2) is 6.79 Å². The molecule has 1 aromatic carbocycles. The SMILES string of the molecule is CC(CSCc1cc(Cl)cc2c1OCOC2)C(=O)O. The highest BCUT2D eigenvalue weighted by Gasteiger charge is 2.17. The number of aliphatic carboxylic acids is 1. The minimum Gasteiger partial charge on any atom is -0.481 e. The van der Waals surface area contributed by atoms with Gasteiger partial charge in [-0.05, 0) is 12.1 Å². The minimum atomic E-state index is -0.773. The number of carboxylic acids is 1. The van der Waals surface area contributed by atoms with Crippen LogP contribution in [0.2, 0.25) is 5.02 Å². The highest BCUT2D eigenvalue weighted by Crippen LogP contribution is 2.34. The van der Waals surface area contributed by atoms with Crippen LogP contribution < -0.4 is 4.74 Å². The van der Waals surface area contributed by atoms with Gasteiger partial charge < -0.3 is 14.6 Å². The first-order chi connectivity index (χ1) is 9.08. The van der Waals surface area contributed by atoms with E-state index in [0.717, 1.165) is 16.9 Å². The topological polar surface area (TPSA) is 55.8 Å². The van der Waals surface area contributed by atoms with E-state index in [-0.39, 0.29) is 12.7 Å². The van der Waals surface area contributed by atoms with E-state index in [1.165, 1.54) is 0 Å². The number of halogens is 1. The summed E-state index contributed by atoms with van der Waals surface area (Å²) in [6.07, 6.45) is 0. The summed E-state index contributed by atoms with van der Waals surface area (Å²) in [4.78, 5) is 10.8. The molecule has 1 unspecified atom stereocenters. The zero-order valence-electron chi connectivity index (χ0n) is 10.5. The van der Waals surface area contributed by atoms with Crippen molar-refractivity contribution in [3.05, 3.63) is 28.3 Å². The molecule has 0 radical (unpaired) electrons. The van der Waals surface area contributed by atoms with Crippen molar-refractivity contribution in [1.82, 2.24) is 0 Å². The van der Waals surface area contributed by atoms with Gasteiger partial charge in [0.05, 0.1) is 12.5 Å². The van der Waals surface area contributed by atoms with Crippen molar-refractivity contribution in [1.29, 1.82) is 0 Å². The van der Waals surface area contributed by atoms with Crippen LogP contribution in [-0.4, -0.2) is 23.6 Å². The zero-order chi connectivity index (χ0) is 13.8. The van der Waals surface area contributed by atoms with E-state index in [9.17, 15) is 4.79 Å². The molecule has 1 aromatic rings. The van der Waals surface area contributed by atoms with Crippen molar-refractivity contribution in [3.8, 4) is 5.75 Å². The second kappa shape index (κ2) is 6.50. The van der Waals surface area contributed by atoms with Gasteiger partial charge in [0.2, 0.25) is 0 Å². The maximum absolute atomic E-state index is 10.8. The lowest BCUT2D eigenvalue weighted by atomic mass is 10.1. The highest BCUT2D eigenvalue weighted by molar-refractivity contribution is 7.98.